The van der Waals surface area contributed by atoms with Gasteiger partial charge in [0.15, 0.2) is 0 Å². The number of anilines is 1. The van der Waals surface area contributed by atoms with Crippen molar-refractivity contribution in [1.29, 1.82) is 0 Å². The zero-order valence-electron chi connectivity index (χ0n) is 12.4. The summed E-state index contributed by atoms with van der Waals surface area (Å²) in [4.78, 5) is 14.2. The summed E-state index contributed by atoms with van der Waals surface area (Å²) < 4.78 is 6.46. The number of hydrogen-bond acceptors (Lipinski definition) is 3. The van der Waals surface area contributed by atoms with Crippen LogP contribution in [0, 0.1) is 6.92 Å². The van der Waals surface area contributed by atoms with Gasteiger partial charge >= 0.3 is 0 Å². The van der Waals surface area contributed by atoms with Gasteiger partial charge in [-0.25, -0.2) is 0 Å². The maximum atomic E-state index is 12.4. The third-order valence-electron chi connectivity index (χ3n) is 3.64. The minimum Gasteiger partial charge on any atom is -0.496 e. The van der Waals surface area contributed by atoms with Crippen molar-refractivity contribution in [3.8, 4) is 5.75 Å². The van der Waals surface area contributed by atoms with E-state index in [9.17, 15) is 4.79 Å². The van der Waals surface area contributed by atoms with Gasteiger partial charge in [-0.2, -0.15) is 0 Å². The molecule has 22 heavy (non-hydrogen) atoms. The Balaban J connectivity index is 2.04. The number of carbonyl (C=O) groups is 1. The van der Waals surface area contributed by atoms with Crippen molar-refractivity contribution in [2.75, 3.05) is 17.8 Å². The highest BCUT2D eigenvalue weighted by molar-refractivity contribution is 9.10. The topological polar surface area (TPSA) is 29.5 Å². The number of carbonyl (C=O) groups excluding carboxylic acids is 1. The standard InChI is InChI=1S/C17H16BrNO2S/c1-11-3-6-13(7-4-11)19-16(20)10-22-17(19)14-9-12(18)5-8-15(14)21-2/h3-9,17H,10H2,1-2H3/t17-/m0/s1. The number of benzene rings is 2. The van der Waals surface area contributed by atoms with Crippen molar-refractivity contribution in [2.45, 2.75) is 12.3 Å². The molecule has 3 rings (SSSR count). The molecule has 1 fully saturated rings. The molecule has 1 amide bonds. The van der Waals surface area contributed by atoms with Crippen molar-refractivity contribution < 1.29 is 9.53 Å². The first-order valence-corrected chi connectivity index (χ1v) is 8.78. The summed E-state index contributed by atoms with van der Waals surface area (Å²) in [6.07, 6.45) is 0. The maximum Gasteiger partial charge on any atom is 0.238 e. The third-order valence-corrected chi connectivity index (χ3v) is 5.33. The second-order valence-corrected chi connectivity index (χ2v) is 7.13. The summed E-state index contributed by atoms with van der Waals surface area (Å²) >= 11 is 5.13. The van der Waals surface area contributed by atoms with Crippen LogP contribution >= 0.6 is 27.7 Å². The fourth-order valence-corrected chi connectivity index (χ4v) is 4.11. The fourth-order valence-electron chi connectivity index (χ4n) is 2.54. The quantitative estimate of drug-likeness (QED) is 0.785. The van der Waals surface area contributed by atoms with Crippen LogP contribution in [0.1, 0.15) is 16.5 Å². The molecule has 5 heteroatoms. The molecule has 0 saturated carbocycles. The molecule has 0 aromatic heterocycles. The molecular weight excluding hydrogens is 362 g/mol. The van der Waals surface area contributed by atoms with E-state index >= 15 is 0 Å². The van der Waals surface area contributed by atoms with E-state index in [-0.39, 0.29) is 11.3 Å². The molecule has 1 atom stereocenters. The molecule has 3 nitrogen and oxygen atoms in total. The fraction of sp³-hybridized carbons (Fsp3) is 0.235. The van der Waals surface area contributed by atoms with Crippen LogP contribution in [0.4, 0.5) is 5.69 Å². The molecule has 2 aromatic carbocycles. The Bertz CT molecular complexity index is 702. The molecule has 1 saturated heterocycles. The van der Waals surface area contributed by atoms with Gasteiger partial charge in [-0.1, -0.05) is 33.6 Å². The van der Waals surface area contributed by atoms with E-state index in [1.165, 1.54) is 5.56 Å². The Morgan fingerprint density at radius 1 is 1.23 bits per heavy atom. The molecule has 0 radical (unpaired) electrons. The highest BCUT2D eigenvalue weighted by Crippen LogP contribution is 2.45. The van der Waals surface area contributed by atoms with E-state index in [0.29, 0.717) is 5.75 Å². The molecule has 0 spiro atoms. The van der Waals surface area contributed by atoms with Crippen molar-refractivity contribution in [1.82, 2.24) is 0 Å². The molecule has 0 aliphatic carbocycles. The van der Waals surface area contributed by atoms with Gasteiger partial charge < -0.3 is 4.74 Å². The second kappa shape index (κ2) is 6.34. The van der Waals surface area contributed by atoms with Crippen LogP contribution < -0.4 is 9.64 Å². The normalized spacial score (nSPS) is 17.9. The molecule has 2 aromatic rings. The van der Waals surface area contributed by atoms with Crippen molar-refractivity contribution in [3.05, 3.63) is 58.1 Å². The molecule has 0 N–H and O–H groups in total. The predicted molar refractivity (Wildman–Crippen MR) is 94.6 cm³/mol. The Morgan fingerprint density at radius 2 is 1.95 bits per heavy atom. The van der Waals surface area contributed by atoms with E-state index in [4.69, 9.17) is 4.74 Å². The van der Waals surface area contributed by atoms with Gasteiger partial charge in [0.25, 0.3) is 0 Å². The van der Waals surface area contributed by atoms with Crippen LogP contribution in [0.25, 0.3) is 0 Å². The van der Waals surface area contributed by atoms with E-state index < -0.39 is 0 Å². The zero-order valence-corrected chi connectivity index (χ0v) is 14.8. The van der Waals surface area contributed by atoms with Gasteiger partial charge in [0.1, 0.15) is 11.1 Å². The molecule has 114 valence electrons. The molecular formula is C17H16BrNO2S. The smallest absolute Gasteiger partial charge is 0.238 e. The summed E-state index contributed by atoms with van der Waals surface area (Å²) in [6, 6.07) is 13.9. The number of methoxy groups -OCH3 is 1. The highest BCUT2D eigenvalue weighted by atomic mass is 79.9. The Kier molecular flexibility index (Phi) is 4.45. The lowest BCUT2D eigenvalue weighted by Crippen LogP contribution is -2.28. The van der Waals surface area contributed by atoms with Crippen LogP contribution in [-0.4, -0.2) is 18.8 Å². The van der Waals surface area contributed by atoms with Crippen LogP contribution in [-0.2, 0) is 4.79 Å². The minimum absolute atomic E-state index is 0.0670. The molecule has 0 bridgehead atoms. The number of rotatable bonds is 3. The molecule has 1 heterocycles. The minimum atomic E-state index is -0.0670. The first kappa shape index (κ1) is 15.4. The lowest BCUT2D eigenvalue weighted by molar-refractivity contribution is -0.115. The molecule has 1 aliphatic heterocycles. The number of ether oxygens (including phenoxy) is 1. The summed E-state index contributed by atoms with van der Waals surface area (Å²) in [5.41, 5.74) is 3.11. The van der Waals surface area contributed by atoms with Gasteiger partial charge in [-0.15, -0.1) is 11.8 Å². The monoisotopic (exact) mass is 377 g/mol. The average Bonchev–Trinajstić information content (AvgIpc) is 2.90. The summed E-state index contributed by atoms with van der Waals surface area (Å²) in [5.74, 6) is 1.40. The number of aryl methyl sites for hydroxylation is 1. The van der Waals surface area contributed by atoms with Crippen molar-refractivity contribution >= 4 is 39.3 Å². The molecule has 0 unspecified atom stereocenters. The summed E-state index contributed by atoms with van der Waals surface area (Å²) in [6.45, 7) is 2.04. The van der Waals surface area contributed by atoms with E-state index in [1.54, 1.807) is 18.9 Å². The number of hydrogen-bond donors (Lipinski definition) is 0. The van der Waals surface area contributed by atoms with Gasteiger partial charge in [-0.3, -0.25) is 9.69 Å². The Hall–Kier alpha value is -1.46. The summed E-state index contributed by atoms with van der Waals surface area (Å²) in [5, 5.41) is -0.0670. The average molecular weight is 378 g/mol. The Labute approximate surface area is 142 Å². The third kappa shape index (κ3) is 2.88. The predicted octanol–water partition coefficient (Wildman–Crippen LogP) is 4.54. The van der Waals surface area contributed by atoms with Crippen LogP contribution in [0.2, 0.25) is 0 Å². The highest BCUT2D eigenvalue weighted by Gasteiger charge is 2.35. The Morgan fingerprint density at radius 3 is 2.64 bits per heavy atom. The first-order chi connectivity index (χ1) is 10.6. The SMILES string of the molecule is COc1ccc(Br)cc1[C@@H]1SCC(=O)N1c1ccc(C)cc1. The van der Waals surface area contributed by atoms with E-state index in [0.717, 1.165) is 21.5 Å². The van der Waals surface area contributed by atoms with Gasteiger partial charge in [0.05, 0.1) is 12.9 Å². The lowest BCUT2D eigenvalue weighted by atomic mass is 10.1. The number of halogens is 1. The number of thioether (sulfide) groups is 1. The number of amides is 1. The van der Waals surface area contributed by atoms with Crippen LogP contribution in [0.15, 0.2) is 46.9 Å². The largest absolute Gasteiger partial charge is 0.496 e. The van der Waals surface area contributed by atoms with Crippen molar-refractivity contribution in [2.24, 2.45) is 0 Å². The zero-order chi connectivity index (χ0) is 15.7. The summed E-state index contributed by atoms with van der Waals surface area (Å²) in [7, 11) is 1.66. The van der Waals surface area contributed by atoms with Gasteiger partial charge in [0.2, 0.25) is 5.91 Å². The first-order valence-electron chi connectivity index (χ1n) is 6.94. The van der Waals surface area contributed by atoms with E-state index in [2.05, 4.69) is 15.9 Å². The number of nitrogens with zero attached hydrogens (tertiary/aromatic N) is 1. The maximum absolute atomic E-state index is 12.4. The van der Waals surface area contributed by atoms with Crippen LogP contribution in [0.3, 0.4) is 0 Å². The van der Waals surface area contributed by atoms with Crippen LogP contribution in [0.5, 0.6) is 5.75 Å². The van der Waals surface area contributed by atoms with Gasteiger partial charge in [0, 0.05) is 15.7 Å². The van der Waals surface area contributed by atoms with Gasteiger partial charge in [-0.05, 0) is 37.3 Å². The lowest BCUT2D eigenvalue weighted by Gasteiger charge is -2.26. The van der Waals surface area contributed by atoms with E-state index in [1.807, 2.05) is 54.3 Å². The molecule has 1 aliphatic rings. The second-order valence-electron chi connectivity index (χ2n) is 5.15. The van der Waals surface area contributed by atoms with Crippen molar-refractivity contribution in [3.63, 3.8) is 0 Å².